The third-order valence-electron chi connectivity index (χ3n) is 2.23. The summed E-state index contributed by atoms with van der Waals surface area (Å²) >= 11 is 0. The highest BCUT2D eigenvalue weighted by Gasteiger charge is 2.15. The Kier molecular flexibility index (Phi) is 7.24. The van der Waals surface area contributed by atoms with E-state index in [0.717, 1.165) is 6.08 Å². The van der Waals surface area contributed by atoms with Gasteiger partial charge in [0.25, 0.3) is 0 Å². The highest BCUT2D eigenvalue weighted by molar-refractivity contribution is 6.12. The summed E-state index contributed by atoms with van der Waals surface area (Å²) in [6, 6.07) is 0. The monoisotopic (exact) mass is 295 g/mol. The van der Waals surface area contributed by atoms with Gasteiger partial charge in [-0.3, -0.25) is 4.79 Å². The molecule has 0 aliphatic carbocycles. The maximum atomic E-state index is 11.4. The molecule has 0 aromatic rings. The van der Waals surface area contributed by atoms with Gasteiger partial charge in [0.1, 0.15) is 11.3 Å². The van der Waals surface area contributed by atoms with E-state index in [1.807, 2.05) is 0 Å². The molecule has 0 fully saturated rings. The second-order valence-corrected chi connectivity index (χ2v) is 4.22. The Morgan fingerprint density at radius 1 is 1.14 bits per heavy atom. The number of likely N-dealkylation sites (N-methyl/N-ethyl adjacent to an activating group) is 1. The SMILES string of the molecule is C=C(C)C(=O)CN(C)/C=C/C=C(\O)C=C(C(=O)O)C(=O)O. The van der Waals surface area contributed by atoms with Gasteiger partial charge in [-0.25, -0.2) is 9.59 Å². The number of aliphatic carboxylic acids is 2. The molecule has 3 N–H and O–H groups in total. The summed E-state index contributed by atoms with van der Waals surface area (Å²) in [5, 5.41) is 26.6. The van der Waals surface area contributed by atoms with Crippen molar-refractivity contribution in [3.63, 3.8) is 0 Å². The molecule has 21 heavy (non-hydrogen) atoms. The van der Waals surface area contributed by atoms with Gasteiger partial charge in [0, 0.05) is 13.1 Å². The number of aliphatic hydroxyl groups excluding tert-OH is 1. The zero-order chi connectivity index (χ0) is 16.6. The predicted molar refractivity (Wildman–Crippen MR) is 75.7 cm³/mol. The van der Waals surface area contributed by atoms with Gasteiger partial charge in [-0.05, 0) is 30.8 Å². The number of aliphatic hydroxyl groups is 1. The van der Waals surface area contributed by atoms with Crippen molar-refractivity contribution in [2.45, 2.75) is 6.92 Å². The molecular formula is C14H17NO6. The molecule has 0 rings (SSSR count). The zero-order valence-corrected chi connectivity index (χ0v) is 11.7. The van der Waals surface area contributed by atoms with E-state index >= 15 is 0 Å². The Hall–Kier alpha value is -2.83. The third kappa shape index (κ3) is 7.36. The number of ketones is 1. The summed E-state index contributed by atoms with van der Waals surface area (Å²) in [6.07, 6.45) is 4.53. The molecule has 0 aliphatic heterocycles. The van der Waals surface area contributed by atoms with Crippen molar-refractivity contribution in [2.75, 3.05) is 13.6 Å². The number of Topliss-reactive ketones (excluding diaryl/α,β-unsaturated/α-hetero) is 1. The van der Waals surface area contributed by atoms with Gasteiger partial charge in [-0.15, -0.1) is 0 Å². The van der Waals surface area contributed by atoms with Crippen LogP contribution in [0.2, 0.25) is 0 Å². The van der Waals surface area contributed by atoms with Gasteiger partial charge >= 0.3 is 11.9 Å². The van der Waals surface area contributed by atoms with E-state index in [9.17, 15) is 19.5 Å². The van der Waals surface area contributed by atoms with Crippen molar-refractivity contribution >= 4 is 17.7 Å². The fourth-order valence-corrected chi connectivity index (χ4v) is 1.11. The molecule has 0 saturated heterocycles. The van der Waals surface area contributed by atoms with Crippen LogP contribution < -0.4 is 0 Å². The molecular weight excluding hydrogens is 278 g/mol. The lowest BCUT2D eigenvalue weighted by Gasteiger charge is -2.11. The van der Waals surface area contributed by atoms with Crippen molar-refractivity contribution in [3.8, 4) is 0 Å². The zero-order valence-electron chi connectivity index (χ0n) is 11.7. The van der Waals surface area contributed by atoms with E-state index < -0.39 is 23.3 Å². The van der Waals surface area contributed by atoms with Crippen LogP contribution >= 0.6 is 0 Å². The second kappa shape index (κ2) is 8.36. The smallest absolute Gasteiger partial charge is 0.343 e. The molecule has 0 saturated carbocycles. The van der Waals surface area contributed by atoms with Crippen LogP contribution in [0.15, 0.2) is 47.9 Å². The Balaban J connectivity index is 4.80. The highest BCUT2D eigenvalue weighted by Crippen LogP contribution is 2.02. The Morgan fingerprint density at radius 3 is 2.10 bits per heavy atom. The van der Waals surface area contributed by atoms with Gasteiger partial charge in [0.05, 0.1) is 6.54 Å². The van der Waals surface area contributed by atoms with Crippen molar-refractivity contribution in [2.24, 2.45) is 0 Å². The first-order chi connectivity index (χ1) is 9.65. The van der Waals surface area contributed by atoms with Crippen LogP contribution in [0.1, 0.15) is 6.92 Å². The van der Waals surface area contributed by atoms with E-state index in [-0.39, 0.29) is 12.3 Å². The standard InChI is InChI=1S/C14H17NO6/c1-9(2)12(17)8-15(3)6-4-5-10(16)7-11(13(18)19)14(20)21/h4-7,16H,1,8H2,2-3H3,(H,18,19)(H,20,21)/b6-4+,10-5-. The van der Waals surface area contributed by atoms with Gasteiger partial charge in [0.15, 0.2) is 5.78 Å². The van der Waals surface area contributed by atoms with Gasteiger partial charge < -0.3 is 20.2 Å². The van der Waals surface area contributed by atoms with Crippen molar-refractivity contribution in [3.05, 3.63) is 47.9 Å². The summed E-state index contributed by atoms with van der Waals surface area (Å²) in [5.74, 6) is -3.99. The summed E-state index contributed by atoms with van der Waals surface area (Å²) in [7, 11) is 1.62. The maximum absolute atomic E-state index is 11.4. The fourth-order valence-electron chi connectivity index (χ4n) is 1.11. The molecule has 7 nitrogen and oxygen atoms in total. The third-order valence-corrected chi connectivity index (χ3v) is 2.23. The first kappa shape index (κ1) is 18.2. The number of carbonyl (C=O) groups excluding carboxylic acids is 1. The van der Waals surface area contributed by atoms with Crippen LogP contribution in [0.5, 0.6) is 0 Å². The maximum Gasteiger partial charge on any atom is 0.343 e. The average Bonchev–Trinajstić information content (AvgIpc) is 2.34. The fraction of sp³-hybridized carbons (Fsp3) is 0.214. The minimum Gasteiger partial charge on any atom is -0.508 e. The second-order valence-electron chi connectivity index (χ2n) is 4.22. The number of nitrogens with zero attached hydrogens (tertiary/aromatic N) is 1. The Morgan fingerprint density at radius 2 is 1.67 bits per heavy atom. The lowest BCUT2D eigenvalue weighted by Crippen LogP contribution is -2.21. The number of rotatable bonds is 8. The van der Waals surface area contributed by atoms with Crippen LogP contribution in [-0.4, -0.2) is 51.5 Å². The van der Waals surface area contributed by atoms with E-state index in [1.54, 1.807) is 14.0 Å². The lowest BCUT2D eigenvalue weighted by molar-refractivity contribution is -0.140. The van der Waals surface area contributed by atoms with Crippen LogP contribution in [0.25, 0.3) is 0 Å². The van der Waals surface area contributed by atoms with Gasteiger partial charge in [0.2, 0.25) is 0 Å². The number of allylic oxidation sites excluding steroid dienone is 3. The molecule has 0 amide bonds. The minimum atomic E-state index is -1.66. The number of hydrogen-bond donors (Lipinski definition) is 3. The van der Waals surface area contributed by atoms with Crippen LogP contribution in [0.3, 0.4) is 0 Å². The summed E-state index contributed by atoms with van der Waals surface area (Å²) < 4.78 is 0. The Labute approximate surface area is 121 Å². The van der Waals surface area contributed by atoms with E-state index in [1.165, 1.54) is 17.2 Å². The molecule has 114 valence electrons. The topological polar surface area (TPSA) is 115 Å². The number of carbonyl (C=O) groups is 3. The van der Waals surface area contributed by atoms with E-state index in [2.05, 4.69) is 6.58 Å². The van der Waals surface area contributed by atoms with E-state index in [4.69, 9.17) is 10.2 Å². The summed E-state index contributed by atoms with van der Waals surface area (Å²) in [6.45, 7) is 5.21. The normalized spacial score (nSPS) is 11.0. The molecule has 0 atom stereocenters. The highest BCUT2D eigenvalue weighted by atomic mass is 16.4. The number of carboxylic acid groups (broad SMARTS) is 2. The lowest BCUT2D eigenvalue weighted by atomic mass is 10.2. The van der Waals surface area contributed by atoms with Crippen molar-refractivity contribution < 1.29 is 29.7 Å². The largest absolute Gasteiger partial charge is 0.508 e. The van der Waals surface area contributed by atoms with Crippen LogP contribution in [-0.2, 0) is 14.4 Å². The average molecular weight is 295 g/mol. The summed E-state index contributed by atoms with van der Waals surface area (Å²) in [5.41, 5.74) is -0.535. The predicted octanol–water partition coefficient (Wildman–Crippen LogP) is 1.11. The number of carboxylic acids is 2. The molecule has 0 unspecified atom stereocenters. The van der Waals surface area contributed by atoms with Crippen molar-refractivity contribution in [1.29, 1.82) is 0 Å². The molecule has 0 heterocycles. The number of hydrogen-bond acceptors (Lipinski definition) is 5. The van der Waals surface area contributed by atoms with E-state index in [0.29, 0.717) is 11.6 Å². The summed E-state index contributed by atoms with van der Waals surface area (Å²) in [4.78, 5) is 34.1. The molecule has 0 spiro atoms. The van der Waals surface area contributed by atoms with Gasteiger partial charge in [-0.1, -0.05) is 6.58 Å². The molecule has 0 bridgehead atoms. The molecule has 0 aliphatic rings. The first-order valence-corrected chi connectivity index (χ1v) is 5.79. The van der Waals surface area contributed by atoms with Gasteiger partial charge in [-0.2, -0.15) is 0 Å². The van der Waals surface area contributed by atoms with Crippen LogP contribution in [0.4, 0.5) is 0 Å². The molecule has 7 heteroatoms. The minimum absolute atomic E-state index is 0.103. The quantitative estimate of drug-likeness (QED) is 0.202. The molecule has 0 aromatic carbocycles. The van der Waals surface area contributed by atoms with Crippen molar-refractivity contribution in [1.82, 2.24) is 4.90 Å². The van der Waals surface area contributed by atoms with Crippen LogP contribution in [0, 0.1) is 0 Å². The Bertz CT molecular complexity index is 526. The first-order valence-electron chi connectivity index (χ1n) is 5.79. The molecule has 0 aromatic heterocycles. The molecule has 0 radical (unpaired) electrons.